The van der Waals surface area contributed by atoms with Crippen molar-refractivity contribution in [2.75, 3.05) is 10.6 Å². The normalized spacial score (nSPS) is 10.4. The number of halogens is 1. The predicted molar refractivity (Wildman–Crippen MR) is 115 cm³/mol. The van der Waals surface area contributed by atoms with Crippen molar-refractivity contribution in [2.45, 2.75) is 23.1 Å². The van der Waals surface area contributed by atoms with Gasteiger partial charge in [0.2, 0.25) is 11.8 Å². The molecule has 0 atom stereocenters. The van der Waals surface area contributed by atoms with E-state index in [4.69, 9.17) is 11.6 Å². The molecular weight excluding hydrogens is 392 g/mol. The van der Waals surface area contributed by atoms with Crippen molar-refractivity contribution in [2.24, 2.45) is 0 Å². The second-order valence-corrected chi connectivity index (χ2v) is 7.68. The van der Waals surface area contributed by atoms with E-state index < -0.39 is 0 Å². The lowest BCUT2D eigenvalue weighted by Gasteiger charge is -2.08. The minimum absolute atomic E-state index is 0.0983. The van der Waals surface area contributed by atoms with E-state index in [0.29, 0.717) is 5.69 Å². The molecule has 2 amide bonds. The third-order valence-electron chi connectivity index (χ3n) is 3.84. The average molecular weight is 411 g/mol. The van der Waals surface area contributed by atoms with Crippen LogP contribution in [0.2, 0.25) is 5.02 Å². The van der Waals surface area contributed by atoms with Crippen LogP contribution in [0.25, 0.3) is 0 Å². The molecule has 2 N–H and O–H groups in total. The summed E-state index contributed by atoms with van der Waals surface area (Å²) in [4.78, 5) is 25.3. The number of rotatable bonds is 6. The molecule has 0 radical (unpaired) electrons. The van der Waals surface area contributed by atoms with Gasteiger partial charge in [-0.2, -0.15) is 0 Å². The van der Waals surface area contributed by atoms with Gasteiger partial charge in [0.05, 0.1) is 11.4 Å². The second kappa shape index (κ2) is 9.44. The standard InChI is InChI=1S/C22H19ClN2O2S/c1-15(26)24-17-8-6-16(7-9-17)14-22(27)25-18-10-12-19(13-11-18)28-21-5-3-2-4-20(21)23/h2-13H,14H2,1H3,(H,24,26)(H,25,27). The molecule has 6 heteroatoms. The van der Waals surface area contributed by atoms with Crippen molar-refractivity contribution in [1.82, 2.24) is 0 Å². The maximum absolute atomic E-state index is 12.3. The third kappa shape index (κ3) is 5.87. The van der Waals surface area contributed by atoms with E-state index in [1.165, 1.54) is 6.92 Å². The van der Waals surface area contributed by atoms with Crippen LogP contribution in [0.5, 0.6) is 0 Å². The molecule has 0 aliphatic rings. The van der Waals surface area contributed by atoms with Gasteiger partial charge in [-0.25, -0.2) is 0 Å². The van der Waals surface area contributed by atoms with Crippen LogP contribution >= 0.6 is 23.4 Å². The minimum atomic E-state index is -0.123. The Morgan fingerprint density at radius 1 is 0.857 bits per heavy atom. The zero-order valence-corrected chi connectivity index (χ0v) is 16.8. The molecule has 28 heavy (non-hydrogen) atoms. The van der Waals surface area contributed by atoms with Crippen LogP contribution in [0, 0.1) is 0 Å². The van der Waals surface area contributed by atoms with Gasteiger partial charge in [0.15, 0.2) is 0 Å². The highest BCUT2D eigenvalue weighted by Gasteiger charge is 2.06. The largest absolute Gasteiger partial charge is 0.326 e. The molecule has 3 rings (SSSR count). The summed E-state index contributed by atoms with van der Waals surface area (Å²) in [6.45, 7) is 1.46. The molecule has 0 aliphatic heterocycles. The van der Waals surface area contributed by atoms with E-state index in [-0.39, 0.29) is 18.2 Å². The fourth-order valence-corrected chi connectivity index (χ4v) is 3.65. The second-order valence-electron chi connectivity index (χ2n) is 6.16. The number of hydrogen-bond acceptors (Lipinski definition) is 3. The quantitative estimate of drug-likeness (QED) is 0.553. The van der Waals surface area contributed by atoms with Gasteiger partial charge in [-0.15, -0.1) is 0 Å². The van der Waals surface area contributed by atoms with Gasteiger partial charge in [0, 0.05) is 28.1 Å². The zero-order chi connectivity index (χ0) is 19.9. The first-order valence-electron chi connectivity index (χ1n) is 8.68. The van der Waals surface area contributed by atoms with E-state index in [1.54, 1.807) is 23.9 Å². The van der Waals surface area contributed by atoms with Crippen LogP contribution in [0.4, 0.5) is 11.4 Å². The average Bonchev–Trinajstić information content (AvgIpc) is 2.66. The van der Waals surface area contributed by atoms with Crippen LogP contribution in [0.15, 0.2) is 82.6 Å². The summed E-state index contributed by atoms with van der Waals surface area (Å²) >= 11 is 7.76. The van der Waals surface area contributed by atoms with Crippen molar-refractivity contribution >= 4 is 46.6 Å². The van der Waals surface area contributed by atoms with Crippen LogP contribution in [-0.2, 0) is 16.0 Å². The zero-order valence-electron chi connectivity index (χ0n) is 15.2. The Balaban J connectivity index is 1.55. The van der Waals surface area contributed by atoms with Crippen molar-refractivity contribution in [3.8, 4) is 0 Å². The predicted octanol–water partition coefficient (Wildman–Crippen LogP) is 5.63. The first-order valence-corrected chi connectivity index (χ1v) is 9.88. The molecule has 142 valence electrons. The van der Waals surface area contributed by atoms with Crippen LogP contribution in [0.3, 0.4) is 0 Å². The highest BCUT2D eigenvalue weighted by molar-refractivity contribution is 7.99. The third-order valence-corrected chi connectivity index (χ3v) is 5.37. The number of nitrogens with one attached hydrogen (secondary N) is 2. The summed E-state index contributed by atoms with van der Waals surface area (Å²) in [5.41, 5.74) is 2.32. The van der Waals surface area contributed by atoms with Gasteiger partial charge < -0.3 is 10.6 Å². The highest BCUT2D eigenvalue weighted by Crippen LogP contribution is 2.33. The molecule has 0 bridgehead atoms. The van der Waals surface area contributed by atoms with Crippen LogP contribution in [0.1, 0.15) is 12.5 Å². The molecule has 0 spiro atoms. The molecule has 0 fully saturated rings. The molecule has 0 heterocycles. The lowest BCUT2D eigenvalue weighted by atomic mass is 10.1. The smallest absolute Gasteiger partial charge is 0.228 e. The molecule has 3 aromatic rings. The van der Waals surface area contributed by atoms with Gasteiger partial charge in [-0.3, -0.25) is 9.59 Å². The molecule has 0 unspecified atom stereocenters. The number of anilines is 2. The monoisotopic (exact) mass is 410 g/mol. The summed E-state index contributed by atoms with van der Waals surface area (Å²) in [6.07, 6.45) is 0.260. The Labute approximate surface area is 173 Å². The minimum Gasteiger partial charge on any atom is -0.326 e. The number of hydrogen-bond donors (Lipinski definition) is 2. The Morgan fingerprint density at radius 2 is 1.46 bits per heavy atom. The number of amides is 2. The summed E-state index contributed by atoms with van der Waals surface area (Å²) in [5.74, 6) is -0.222. The Morgan fingerprint density at radius 3 is 2.11 bits per heavy atom. The van der Waals surface area contributed by atoms with Gasteiger partial charge in [0.1, 0.15) is 0 Å². The van der Waals surface area contributed by atoms with Crippen molar-refractivity contribution in [3.05, 3.63) is 83.4 Å². The van der Waals surface area contributed by atoms with Crippen molar-refractivity contribution in [1.29, 1.82) is 0 Å². The molecule has 0 aromatic heterocycles. The van der Waals surface area contributed by atoms with E-state index >= 15 is 0 Å². The fourth-order valence-electron chi connectivity index (χ4n) is 2.56. The van der Waals surface area contributed by atoms with E-state index in [0.717, 1.165) is 26.1 Å². The van der Waals surface area contributed by atoms with Gasteiger partial charge >= 0.3 is 0 Å². The Hall–Kier alpha value is -2.76. The molecule has 0 saturated carbocycles. The topological polar surface area (TPSA) is 58.2 Å². The maximum Gasteiger partial charge on any atom is 0.228 e. The maximum atomic E-state index is 12.3. The van der Waals surface area contributed by atoms with Crippen molar-refractivity contribution < 1.29 is 9.59 Å². The van der Waals surface area contributed by atoms with Crippen LogP contribution < -0.4 is 10.6 Å². The molecule has 0 saturated heterocycles. The van der Waals surface area contributed by atoms with Gasteiger partial charge in [-0.05, 0) is 54.1 Å². The fraction of sp³-hybridized carbons (Fsp3) is 0.0909. The molecule has 4 nitrogen and oxygen atoms in total. The van der Waals surface area contributed by atoms with E-state index in [2.05, 4.69) is 10.6 Å². The molecule has 0 aliphatic carbocycles. The number of benzene rings is 3. The summed E-state index contributed by atoms with van der Waals surface area (Å²) in [5, 5.41) is 6.31. The first-order chi connectivity index (χ1) is 13.5. The van der Waals surface area contributed by atoms with Crippen LogP contribution in [-0.4, -0.2) is 11.8 Å². The Kier molecular flexibility index (Phi) is 6.74. The highest BCUT2D eigenvalue weighted by atomic mass is 35.5. The summed E-state index contributed by atoms with van der Waals surface area (Å²) < 4.78 is 0. The number of carbonyl (C=O) groups excluding carboxylic acids is 2. The van der Waals surface area contributed by atoms with E-state index in [9.17, 15) is 9.59 Å². The first kappa shape index (κ1) is 20.0. The SMILES string of the molecule is CC(=O)Nc1ccc(CC(=O)Nc2ccc(Sc3ccccc3Cl)cc2)cc1. The number of carbonyl (C=O) groups is 2. The van der Waals surface area contributed by atoms with Gasteiger partial charge in [-0.1, -0.05) is 47.6 Å². The van der Waals surface area contributed by atoms with Crippen molar-refractivity contribution in [3.63, 3.8) is 0 Å². The van der Waals surface area contributed by atoms with Gasteiger partial charge in [0.25, 0.3) is 0 Å². The van der Waals surface area contributed by atoms with E-state index in [1.807, 2.05) is 60.7 Å². The lowest BCUT2D eigenvalue weighted by molar-refractivity contribution is -0.116. The molecule has 3 aromatic carbocycles. The summed E-state index contributed by atoms with van der Waals surface area (Å²) in [6, 6.07) is 22.6. The molecular formula is C22H19ClN2O2S. The lowest BCUT2D eigenvalue weighted by Crippen LogP contribution is -2.14. The Bertz CT molecular complexity index is 973. The summed E-state index contributed by atoms with van der Waals surface area (Å²) in [7, 11) is 0.